The number of hydrogen-bond donors (Lipinski definition) is 1. The summed E-state index contributed by atoms with van der Waals surface area (Å²) in [5.74, 6) is -0.313. The second-order valence-corrected chi connectivity index (χ2v) is 9.57. The van der Waals surface area contributed by atoms with Crippen molar-refractivity contribution >= 4 is 61.7 Å². The number of hydrogen-bond acceptors (Lipinski definition) is 5. The third kappa shape index (κ3) is 6.63. The van der Waals surface area contributed by atoms with Gasteiger partial charge in [-0.2, -0.15) is 0 Å². The average molecular weight is 539 g/mol. The second-order valence-electron chi connectivity index (χ2n) is 8.36. The SMILES string of the molecule is CC(N)=S.COC(=O)c1ccc2c(C3CCCCC3)c(C(=O)CBr)n(CC(=O)N(C)C)c2c1. The number of nitrogens with two attached hydrogens (primary N) is 1. The standard InChI is InChI=1S/C22H27BrN2O4.C2H5NS/c1-24(2)19(27)13-25-17-11-15(22(28)29-3)9-10-16(17)20(21(25)18(26)12-23)14-7-5-4-6-8-14;1-2(3)4/h9-11,14H,4-8,12-13H2,1-3H3;1H3,(H2,3,4). The van der Waals surface area contributed by atoms with E-state index in [1.54, 1.807) is 37.7 Å². The molecule has 7 nitrogen and oxygen atoms in total. The maximum Gasteiger partial charge on any atom is 0.337 e. The third-order valence-electron chi connectivity index (χ3n) is 5.72. The first-order valence-electron chi connectivity index (χ1n) is 10.9. The molecule has 2 aromatic rings. The Morgan fingerprint density at radius 1 is 1.21 bits per heavy atom. The number of halogens is 1. The molecule has 9 heteroatoms. The average Bonchev–Trinajstić information content (AvgIpc) is 3.11. The molecule has 1 saturated carbocycles. The van der Waals surface area contributed by atoms with Gasteiger partial charge in [0.1, 0.15) is 6.54 Å². The number of fused-ring (bicyclic) bond motifs is 1. The van der Waals surface area contributed by atoms with Crippen LogP contribution in [-0.2, 0) is 16.1 Å². The Kier molecular flexibility index (Phi) is 10.0. The summed E-state index contributed by atoms with van der Waals surface area (Å²) in [6.45, 7) is 1.73. The fourth-order valence-electron chi connectivity index (χ4n) is 4.23. The number of carbonyl (C=O) groups is 3. The summed E-state index contributed by atoms with van der Waals surface area (Å²) in [4.78, 5) is 39.7. The van der Waals surface area contributed by atoms with Crippen LogP contribution in [0.15, 0.2) is 18.2 Å². The molecule has 33 heavy (non-hydrogen) atoms. The van der Waals surface area contributed by atoms with Gasteiger partial charge in [-0.3, -0.25) is 9.59 Å². The normalized spacial score (nSPS) is 13.7. The zero-order valence-electron chi connectivity index (χ0n) is 19.7. The first-order valence-corrected chi connectivity index (χ1v) is 12.4. The molecule has 1 heterocycles. The Hall–Kier alpha value is -2.26. The number of methoxy groups -OCH3 is 1. The van der Waals surface area contributed by atoms with Gasteiger partial charge in [0.15, 0.2) is 5.78 Å². The van der Waals surface area contributed by atoms with Crippen LogP contribution in [0.2, 0.25) is 0 Å². The molecular weight excluding hydrogens is 506 g/mol. The minimum atomic E-state index is -0.439. The van der Waals surface area contributed by atoms with Gasteiger partial charge < -0.3 is 19.9 Å². The van der Waals surface area contributed by atoms with Crippen molar-refractivity contribution < 1.29 is 19.1 Å². The molecule has 0 spiro atoms. The van der Waals surface area contributed by atoms with Crippen LogP contribution in [0, 0.1) is 0 Å². The lowest BCUT2D eigenvalue weighted by Gasteiger charge is -2.23. The van der Waals surface area contributed by atoms with E-state index >= 15 is 0 Å². The highest BCUT2D eigenvalue weighted by molar-refractivity contribution is 9.09. The smallest absolute Gasteiger partial charge is 0.337 e. The van der Waals surface area contributed by atoms with E-state index in [0.29, 0.717) is 16.2 Å². The van der Waals surface area contributed by atoms with Crippen LogP contribution in [0.3, 0.4) is 0 Å². The summed E-state index contributed by atoms with van der Waals surface area (Å²) >= 11 is 7.63. The largest absolute Gasteiger partial charge is 0.465 e. The summed E-state index contributed by atoms with van der Waals surface area (Å²) in [5.41, 5.74) is 7.58. The number of ketones is 1. The van der Waals surface area contributed by atoms with Crippen LogP contribution in [0.1, 0.15) is 71.4 Å². The van der Waals surface area contributed by atoms with Crippen LogP contribution in [0.4, 0.5) is 0 Å². The van der Waals surface area contributed by atoms with Crippen molar-refractivity contribution in [3.05, 3.63) is 35.0 Å². The second kappa shape index (κ2) is 12.3. The number of benzene rings is 1. The lowest BCUT2D eigenvalue weighted by atomic mass is 9.82. The van der Waals surface area contributed by atoms with Gasteiger partial charge in [-0.25, -0.2) is 4.79 Å². The number of rotatable bonds is 6. The number of ether oxygens (including phenoxy) is 1. The van der Waals surface area contributed by atoms with Gasteiger partial charge in [-0.15, -0.1) is 0 Å². The van der Waals surface area contributed by atoms with Crippen molar-refractivity contribution in [2.45, 2.75) is 51.5 Å². The molecule has 0 bridgehead atoms. The molecule has 2 N–H and O–H groups in total. The number of carbonyl (C=O) groups excluding carboxylic acids is 3. The fraction of sp³-hybridized carbons (Fsp3) is 0.500. The molecule has 1 fully saturated rings. The van der Waals surface area contributed by atoms with Gasteiger partial charge in [0.25, 0.3) is 0 Å². The third-order valence-corrected chi connectivity index (χ3v) is 6.23. The van der Waals surface area contributed by atoms with E-state index in [0.717, 1.165) is 42.1 Å². The Bertz CT molecular complexity index is 1040. The number of esters is 1. The number of aromatic nitrogens is 1. The van der Waals surface area contributed by atoms with Crippen molar-refractivity contribution in [3.63, 3.8) is 0 Å². The first kappa shape index (κ1) is 27.0. The molecule has 0 aliphatic heterocycles. The van der Waals surface area contributed by atoms with Crippen molar-refractivity contribution in [3.8, 4) is 0 Å². The molecular formula is C24H32BrN3O4S. The van der Waals surface area contributed by atoms with Crippen molar-refractivity contribution in [1.82, 2.24) is 9.47 Å². The molecule has 3 rings (SSSR count). The quantitative estimate of drug-likeness (QED) is 0.253. The zero-order valence-corrected chi connectivity index (χ0v) is 22.1. The number of likely N-dealkylation sites (N-methyl/N-ethyl adjacent to an activating group) is 1. The van der Waals surface area contributed by atoms with Gasteiger partial charge in [-0.05, 0) is 43.4 Å². The molecule has 0 saturated heterocycles. The predicted molar refractivity (Wildman–Crippen MR) is 138 cm³/mol. The highest BCUT2D eigenvalue weighted by atomic mass is 79.9. The van der Waals surface area contributed by atoms with Gasteiger partial charge >= 0.3 is 5.97 Å². The van der Waals surface area contributed by atoms with E-state index in [2.05, 4.69) is 28.1 Å². The molecule has 180 valence electrons. The van der Waals surface area contributed by atoms with E-state index in [1.807, 2.05) is 6.07 Å². The van der Waals surface area contributed by atoms with Gasteiger partial charge in [-0.1, -0.05) is 53.5 Å². The van der Waals surface area contributed by atoms with E-state index in [4.69, 9.17) is 10.5 Å². The predicted octanol–water partition coefficient (Wildman–Crippen LogP) is 4.43. The topological polar surface area (TPSA) is 94.6 Å². The molecule has 0 atom stereocenters. The summed E-state index contributed by atoms with van der Waals surface area (Å²) in [6, 6.07) is 5.37. The summed E-state index contributed by atoms with van der Waals surface area (Å²) in [6.07, 6.45) is 5.54. The van der Waals surface area contributed by atoms with Crippen molar-refractivity contribution in [2.75, 3.05) is 26.5 Å². The molecule has 1 aromatic heterocycles. The number of thiocarbonyl (C=S) groups is 1. The van der Waals surface area contributed by atoms with E-state index in [9.17, 15) is 14.4 Å². The highest BCUT2D eigenvalue weighted by Gasteiger charge is 2.30. The van der Waals surface area contributed by atoms with Crippen molar-refractivity contribution in [1.29, 1.82) is 0 Å². The zero-order chi connectivity index (χ0) is 24.7. The van der Waals surface area contributed by atoms with Crippen molar-refractivity contribution in [2.24, 2.45) is 5.73 Å². The highest BCUT2D eigenvalue weighted by Crippen LogP contribution is 2.41. The maximum atomic E-state index is 13.0. The number of amides is 1. The Labute approximate surface area is 208 Å². The lowest BCUT2D eigenvalue weighted by molar-refractivity contribution is -0.129. The lowest BCUT2D eigenvalue weighted by Crippen LogP contribution is -2.28. The van der Waals surface area contributed by atoms with Crippen LogP contribution in [0.5, 0.6) is 0 Å². The minimum absolute atomic E-state index is 0.0482. The Morgan fingerprint density at radius 3 is 2.33 bits per heavy atom. The van der Waals surface area contributed by atoms with Crippen LogP contribution in [-0.4, -0.2) is 58.7 Å². The maximum absolute atomic E-state index is 13.0. The van der Waals surface area contributed by atoms with Gasteiger partial charge in [0.2, 0.25) is 5.91 Å². The van der Waals surface area contributed by atoms with E-state index < -0.39 is 5.97 Å². The number of Topliss-reactive ketones (excluding diaryl/α,β-unsaturated/α-hetero) is 1. The summed E-state index contributed by atoms with van der Waals surface area (Å²) in [5, 5.41) is 1.13. The molecule has 0 radical (unpaired) electrons. The monoisotopic (exact) mass is 537 g/mol. The minimum Gasteiger partial charge on any atom is -0.465 e. The van der Waals surface area contributed by atoms with Gasteiger partial charge in [0.05, 0.1) is 34.2 Å². The van der Waals surface area contributed by atoms with E-state index in [-0.39, 0.29) is 29.5 Å². The number of alkyl halides is 1. The molecule has 1 amide bonds. The first-order chi connectivity index (χ1) is 15.6. The molecule has 0 unspecified atom stereocenters. The van der Waals surface area contributed by atoms with Crippen LogP contribution in [0.25, 0.3) is 10.9 Å². The fourth-order valence-corrected chi connectivity index (χ4v) is 4.50. The van der Waals surface area contributed by atoms with E-state index in [1.165, 1.54) is 18.4 Å². The Balaban J connectivity index is 0.000000890. The summed E-state index contributed by atoms with van der Waals surface area (Å²) < 4.78 is 6.66. The molecule has 1 aromatic carbocycles. The van der Waals surface area contributed by atoms with Crippen LogP contribution >= 0.6 is 28.1 Å². The molecule has 1 aliphatic carbocycles. The Morgan fingerprint density at radius 2 is 1.82 bits per heavy atom. The number of nitrogens with zero attached hydrogens (tertiary/aromatic N) is 2. The summed E-state index contributed by atoms with van der Waals surface area (Å²) in [7, 11) is 4.73. The van der Waals surface area contributed by atoms with Gasteiger partial charge in [0, 0.05) is 19.5 Å². The molecule has 1 aliphatic rings. The van der Waals surface area contributed by atoms with Crippen LogP contribution < -0.4 is 5.73 Å².